The fourth-order valence-corrected chi connectivity index (χ4v) is 4.21. The number of fused-ring (bicyclic) bond motifs is 1. The van der Waals surface area contributed by atoms with Crippen LogP contribution in [-0.2, 0) is 6.42 Å². The first-order valence-electron chi connectivity index (χ1n) is 7.07. The normalized spacial score (nSPS) is 18.9. The Morgan fingerprint density at radius 2 is 1.80 bits per heavy atom. The highest BCUT2D eigenvalue weighted by Crippen LogP contribution is 2.43. The van der Waals surface area contributed by atoms with E-state index in [0.29, 0.717) is 0 Å². The minimum atomic E-state index is -0.397. The van der Waals surface area contributed by atoms with Crippen molar-refractivity contribution in [1.82, 2.24) is 0 Å². The summed E-state index contributed by atoms with van der Waals surface area (Å²) in [5.74, 6) is 0. The van der Waals surface area contributed by atoms with Crippen molar-refractivity contribution in [2.75, 3.05) is 0 Å². The molecule has 0 aliphatic carbocycles. The Hall–Kier alpha value is -1.25. The van der Waals surface area contributed by atoms with Gasteiger partial charge in [0.15, 0.2) is 0 Å². The molecule has 0 bridgehead atoms. The van der Waals surface area contributed by atoms with Crippen molar-refractivity contribution in [1.29, 1.82) is 0 Å². The first-order valence-corrected chi connectivity index (χ1v) is 7.95. The van der Waals surface area contributed by atoms with Crippen molar-refractivity contribution in [2.24, 2.45) is 0 Å². The van der Waals surface area contributed by atoms with E-state index in [4.69, 9.17) is 0 Å². The van der Waals surface area contributed by atoms with Crippen LogP contribution in [0.5, 0.6) is 0 Å². The molecule has 1 aliphatic heterocycles. The Morgan fingerprint density at radius 1 is 1.05 bits per heavy atom. The van der Waals surface area contributed by atoms with Crippen molar-refractivity contribution in [3.63, 3.8) is 0 Å². The van der Waals surface area contributed by atoms with Crippen LogP contribution in [0.1, 0.15) is 33.9 Å². The Morgan fingerprint density at radius 3 is 2.55 bits per heavy atom. The lowest BCUT2D eigenvalue weighted by molar-refractivity contribution is 0.174. The molecule has 20 heavy (non-hydrogen) atoms. The number of aliphatic hydroxyl groups is 1. The molecule has 1 heterocycles. The van der Waals surface area contributed by atoms with Crippen molar-refractivity contribution >= 4 is 11.8 Å². The Labute approximate surface area is 125 Å². The van der Waals surface area contributed by atoms with Crippen LogP contribution in [0.25, 0.3) is 0 Å². The third-order valence-electron chi connectivity index (χ3n) is 4.44. The van der Waals surface area contributed by atoms with E-state index in [1.165, 1.54) is 27.1 Å². The zero-order valence-electron chi connectivity index (χ0n) is 12.2. The van der Waals surface area contributed by atoms with Crippen LogP contribution in [0, 0.1) is 20.8 Å². The summed E-state index contributed by atoms with van der Waals surface area (Å²) in [6.07, 6.45) is 0.556. The molecule has 0 amide bonds. The van der Waals surface area contributed by atoms with Gasteiger partial charge in [-0.2, -0.15) is 0 Å². The minimum absolute atomic E-state index is 0.230. The number of hydrogen-bond donors (Lipinski definition) is 1. The fourth-order valence-electron chi connectivity index (χ4n) is 2.88. The molecular weight excluding hydrogens is 264 g/mol. The van der Waals surface area contributed by atoms with E-state index < -0.39 is 6.10 Å². The lowest BCUT2D eigenvalue weighted by Gasteiger charge is -2.21. The van der Waals surface area contributed by atoms with Crippen LogP contribution in [0.3, 0.4) is 0 Å². The second kappa shape index (κ2) is 5.27. The van der Waals surface area contributed by atoms with Crippen LogP contribution in [0.15, 0.2) is 41.3 Å². The topological polar surface area (TPSA) is 20.2 Å². The third kappa shape index (κ3) is 2.27. The van der Waals surface area contributed by atoms with E-state index in [0.717, 1.165) is 12.0 Å². The molecule has 2 aromatic carbocycles. The molecule has 0 saturated heterocycles. The monoisotopic (exact) mass is 284 g/mol. The summed E-state index contributed by atoms with van der Waals surface area (Å²) in [7, 11) is 0. The van der Waals surface area contributed by atoms with Crippen molar-refractivity contribution in [3.05, 3.63) is 64.2 Å². The van der Waals surface area contributed by atoms with E-state index in [9.17, 15) is 5.11 Å². The van der Waals surface area contributed by atoms with Crippen LogP contribution >= 0.6 is 11.8 Å². The van der Waals surface area contributed by atoms with Crippen LogP contribution in [-0.4, -0.2) is 10.4 Å². The van der Waals surface area contributed by atoms with Crippen LogP contribution < -0.4 is 0 Å². The van der Waals surface area contributed by atoms with Crippen molar-refractivity contribution in [3.8, 4) is 0 Å². The Kier molecular flexibility index (Phi) is 3.61. The van der Waals surface area contributed by atoms with Gasteiger partial charge < -0.3 is 5.11 Å². The fraction of sp³-hybridized carbons (Fsp3) is 0.333. The van der Waals surface area contributed by atoms with Gasteiger partial charge in [0, 0.05) is 10.1 Å². The number of aliphatic hydroxyl groups excluding tert-OH is 1. The average molecular weight is 284 g/mol. The van der Waals surface area contributed by atoms with Crippen LogP contribution in [0.2, 0.25) is 0 Å². The standard InChI is InChI=1S/C18H20OS/c1-11-8-9-15(13(3)12(11)2)18(19)17-10-14-6-4-5-7-16(14)20-17/h4-9,17-19H,10H2,1-3H3. The highest BCUT2D eigenvalue weighted by atomic mass is 32.2. The maximum absolute atomic E-state index is 10.8. The smallest absolute Gasteiger partial charge is 0.0917 e. The zero-order valence-corrected chi connectivity index (χ0v) is 13.0. The lowest BCUT2D eigenvalue weighted by Crippen LogP contribution is -2.16. The van der Waals surface area contributed by atoms with Gasteiger partial charge in [-0.3, -0.25) is 0 Å². The van der Waals surface area contributed by atoms with Gasteiger partial charge >= 0.3 is 0 Å². The molecule has 104 valence electrons. The second-order valence-electron chi connectivity index (χ2n) is 5.63. The van der Waals surface area contributed by atoms with Gasteiger partial charge in [-0.25, -0.2) is 0 Å². The number of aryl methyl sites for hydroxylation is 1. The second-order valence-corrected chi connectivity index (χ2v) is 6.92. The molecule has 2 aromatic rings. The van der Waals surface area contributed by atoms with Gasteiger partial charge in [0.2, 0.25) is 0 Å². The Bertz CT molecular complexity index is 623. The molecule has 2 unspecified atom stereocenters. The SMILES string of the molecule is Cc1ccc(C(O)C2Cc3ccccc3S2)c(C)c1C. The van der Waals surface area contributed by atoms with Gasteiger partial charge in [-0.15, -0.1) is 11.8 Å². The number of hydrogen-bond acceptors (Lipinski definition) is 2. The lowest BCUT2D eigenvalue weighted by atomic mass is 9.93. The molecule has 0 radical (unpaired) electrons. The summed E-state index contributed by atoms with van der Waals surface area (Å²) in [4.78, 5) is 1.32. The number of thioether (sulfide) groups is 1. The highest BCUT2D eigenvalue weighted by molar-refractivity contribution is 8.00. The molecule has 1 aliphatic rings. The van der Waals surface area contributed by atoms with Gasteiger partial charge in [0.1, 0.15) is 0 Å². The Balaban J connectivity index is 1.88. The molecule has 0 spiro atoms. The predicted octanol–water partition coefficient (Wildman–Crippen LogP) is 4.36. The quantitative estimate of drug-likeness (QED) is 0.884. The van der Waals surface area contributed by atoms with Crippen molar-refractivity contribution < 1.29 is 5.11 Å². The van der Waals surface area contributed by atoms with Gasteiger partial charge in [0.25, 0.3) is 0 Å². The first kappa shape index (κ1) is 13.7. The summed E-state index contributed by atoms with van der Waals surface area (Å²) in [5.41, 5.74) is 6.26. The number of benzene rings is 2. The first-order chi connectivity index (χ1) is 9.58. The minimum Gasteiger partial charge on any atom is -0.387 e. The number of rotatable bonds is 2. The third-order valence-corrected chi connectivity index (χ3v) is 5.82. The molecule has 2 heteroatoms. The van der Waals surface area contributed by atoms with Crippen LogP contribution in [0.4, 0.5) is 0 Å². The summed E-state index contributed by atoms with van der Waals surface area (Å²) in [5, 5.41) is 11.0. The van der Waals surface area contributed by atoms with E-state index >= 15 is 0 Å². The van der Waals surface area contributed by atoms with Gasteiger partial charge in [0.05, 0.1) is 6.10 Å². The van der Waals surface area contributed by atoms with E-state index in [1.54, 1.807) is 0 Å². The maximum Gasteiger partial charge on any atom is 0.0917 e. The van der Waals surface area contributed by atoms with E-state index in [-0.39, 0.29) is 5.25 Å². The van der Waals surface area contributed by atoms with Gasteiger partial charge in [-0.1, -0.05) is 30.3 Å². The average Bonchev–Trinajstić information content (AvgIpc) is 2.88. The van der Waals surface area contributed by atoms with Gasteiger partial charge in [-0.05, 0) is 61.1 Å². The summed E-state index contributed by atoms with van der Waals surface area (Å²) in [6, 6.07) is 12.7. The maximum atomic E-state index is 10.8. The highest BCUT2D eigenvalue weighted by Gasteiger charge is 2.30. The van der Waals surface area contributed by atoms with E-state index in [1.807, 2.05) is 11.8 Å². The molecule has 2 atom stereocenters. The zero-order chi connectivity index (χ0) is 14.3. The predicted molar refractivity (Wildman–Crippen MR) is 85.4 cm³/mol. The van der Waals surface area contributed by atoms with E-state index in [2.05, 4.69) is 57.2 Å². The molecule has 1 nitrogen and oxygen atoms in total. The molecular formula is C18H20OS. The molecule has 3 rings (SSSR count). The molecule has 1 N–H and O–H groups in total. The molecule has 0 aromatic heterocycles. The molecule has 0 saturated carbocycles. The summed E-state index contributed by atoms with van der Waals surface area (Å²) in [6.45, 7) is 6.38. The van der Waals surface area contributed by atoms with Crippen molar-refractivity contribution in [2.45, 2.75) is 43.4 Å². The summed E-state index contributed by atoms with van der Waals surface area (Å²) >= 11 is 1.81. The summed E-state index contributed by atoms with van der Waals surface area (Å²) < 4.78 is 0. The largest absolute Gasteiger partial charge is 0.387 e. The molecule has 0 fully saturated rings.